The van der Waals surface area contributed by atoms with Gasteiger partial charge in [0.1, 0.15) is 17.4 Å². The highest BCUT2D eigenvalue weighted by Crippen LogP contribution is 2.40. The summed E-state index contributed by atoms with van der Waals surface area (Å²) in [6.07, 6.45) is 6.23. The minimum atomic E-state index is -3.46. The van der Waals surface area contributed by atoms with Crippen molar-refractivity contribution in [3.05, 3.63) is 101 Å². The SMILES string of the molecule is CC1(c2cccc(CCC(=O)O)c2)CCCCCS(=O)(=O)CCc2c(c(F)cc3[nH]ccc23)Oc2ccc(F)c(c2)-c2ncc1[nH]2. The third-order valence-corrected chi connectivity index (χ3v) is 10.7. The first-order chi connectivity index (χ1) is 22.0. The van der Waals surface area contributed by atoms with Crippen LogP contribution < -0.4 is 4.74 Å². The molecule has 4 bridgehead atoms. The molecule has 1 atom stereocenters. The van der Waals surface area contributed by atoms with Gasteiger partial charge in [0.2, 0.25) is 0 Å². The number of aryl methyl sites for hydroxylation is 2. The van der Waals surface area contributed by atoms with Gasteiger partial charge in [0, 0.05) is 52.5 Å². The predicted molar refractivity (Wildman–Crippen MR) is 172 cm³/mol. The van der Waals surface area contributed by atoms with Gasteiger partial charge in [-0.15, -0.1) is 0 Å². The number of carbonyl (C=O) groups is 1. The summed E-state index contributed by atoms with van der Waals surface area (Å²) in [5.74, 6) is -1.91. The van der Waals surface area contributed by atoms with Crippen LogP contribution in [0.15, 0.2) is 67.0 Å². The van der Waals surface area contributed by atoms with Crippen molar-refractivity contribution < 1.29 is 31.8 Å². The van der Waals surface area contributed by atoms with Gasteiger partial charge in [-0.3, -0.25) is 4.79 Å². The minimum absolute atomic E-state index is 0.00493. The predicted octanol–water partition coefficient (Wildman–Crippen LogP) is 7.48. The van der Waals surface area contributed by atoms with Crippen molar-refractivity contribution in [2.24, 2.45) is 0 Å². The molecular weight excluding hydrogens is 612 g/mol. The lowest BCUT2D eigenvalue weighted by Gasteiger charge is -2.30. The summed E-state index contributed by atoms with van der Waals surface area (Å²) in [6.45, 7) is 2.05. The number of sulfone groups is 1. The molecule has 1 unspecified atom stereocenters. The van der Waals surface area contributed by atoms with Crippen molar-refractivity contribution in [3.63, 3.8) is 0 Å². The van der Waals surface area contributed by atoms with Crippen molar-refractivity contribution >= 4 is 26.7 Å². The van der Waals surface area contributed by atoms with Crippen LogP contribution in [0.4, 0.5) is 8.78 Å². The second-order valence-electron chi connectivity index (χ2n) is 12.1. The number of hydrogen-bond acceptors (Lipinski definition) is 5. The van der Waals surface area contributed by atoms with E-state index in [-0.39, 0.29) is 47.2 Å². The topological polar surface area (TPSA) is 125 Å². The Morgan fingerprint density at radius 3 is 2.72 bits per heavy atom. The van der Waals surface area contributed by atoms with E-state index in [2.05, 4.69) is 15.0 Å². The number of aliphatic carboxylic acids is 1. The Balaban J connectivity index is 1.44. The number of H-pyrrole nitrogens is 2. The number of nitrogens with zero attached hydrogens (tertiary/aromatic N) is 1. The second-order valence-corrected chi connectivity index (χ2v) is 14.4. The number of nitrogens with one attached hydrogen (secondary N) is 2. The molecule has 11 heteroatoms. The maximum Gasteiger partial charge on any atom is 0.303 e. The summed E-state index contributed by atoms with van der Waals surface area (Å²) in [5.41, 5.74) is 3.01. The van der Waals surface area contributed by atoms with Crippen molar-refractivity contribution in [2.45, 2.75) is 57.3 Å². The number of carboxylic acids is 1. The molecule has 0 amide bonds. The summed E-state index contributed by atoms with van der Waals surface area (Å²) in [7, 11) is -3.46. The molecule has 46 heavy (non-hydrogen) atoms. The molecule has 1 aliphatic rings. The Labute approximate surface area is 265 Å². The zero-order chi connectivity index (χ0) is 32.5. The van der Waals surface area contributed by atoms with Crippen LogP contribution in [0.25, 0.3) is 22.3 Å². The Hall–Kier alpha value is -4.51. The molecule has 3 aromatic carbocycles. The molecule has 0 spiro atoms. The fraction of sp³-hybridized carbons (Fsp3) is 0.314. The number of ether oxygens (including phenoxy) is 1. The fourth-order valence-corrected chi connectivity index (χ4v) is 7.64. The van der Waals surface area contributed by atoms with Gasteiger partial charge in [-0.2, -0.15) is 0 Å². The molecule has 0 saturated heterocycles. The number of aromatic nitrogens is 3. The van der Waals surface area contributed by atoms with Gasteiger partial charge < -0.3 is 19.8 Å². The van der Waals surface area contributed by atoms with Crippen molar-refractivity contribution in [1.29, 1.82) is 0 Å². The van der Waals surface area contributed by atoms with E-state index in [1.165, 1.54) is 24.3 Å². The zero-order valence-electron chi connectivity index (χ0n) is 25.4. The van der Waals surface area contributed by atoms with Gasteiger partial charge in [-0.05, 0) is 68.0 Å². The van der Waals surface area contributed by atoms with Gasteiger partial charge >= 0.3 is 5.97 Å². The molecule has 6 rings (SSSR count). The molecule has 5 aromatic rings. The zero-order valence-corrected chi connectivity index (χ0v) is 26.2. The number of fused-ring (bicyclic) bond motifs is 8. The molecule has 8 nitrogen and oxygen atoms in total. The van der Waals surface area contributed by atoms with Crippen LogP contribution in [0.5, 0.6) is 11.5 Å². The van der Waals surface area contributed by atoms with Gasteiger partial charge in [0.15, 0.2) is 21.4 Å². The van der Waals surface area contributed by atoms with Gasteiger partial charge in [-0.25, -0.2) is 22.2 Å². The minimum Gasteiger partial charge on any atom is -0.481 e. The standard InChI is InChI=1S/C35H35F2N3O5S/c1-35(23-7-5-6-22(18-23)8-11-32(41)42)14-3-2-4-16-46(43,44)17-13-26-25-12-15-38-30(25)20-29(37)33(26)45-24-9-10-28(36)27(19-24)34-39-21-31(35)40-34/h5-7,9-10,12,15,18-21,38H,2-4,8,11,13-14,16-17H2,1H3,(H,39,40)(H,41,42). The molecule has 0 saturated carbocycles. The van der Waals surface area contributed by atoms with Crippen molar-refractivity contribution in [3.8, 4) is 22.9 Å². The summed E-state index contributed by atoms with van der Waals surface area (Å²) in [4.78, 5) is 22.0. The van der Waals surface area contributed by atoms with Gasteiger partial charge in [0.05, 0.1) is 17.1 Å². The van der Waals surface area contributed by atoms with Crippen molar-refractivity contribution in [1.82, 2.24) is 15.0 Å². The first-order valence-corrected chi connectivity index (χ1v) is 17.2. The molecule has 3 N–H and O–H groups in total. The highest BCUT2D eigenvalue weighted by molar-refractivity contribution is 7.91. The quantitative estimate of drug-likeness (QED) is 0.186. The first kappa shape index (κ1) is 31.5. The molecule has 240 valence electrons. The van der Waals surface area contributed by atoms with Crippen LogP contribution in [0.3, 0.4) is 0 Å². The number of benzene rings is 3. The molecule has 0 radical (unpaired) electrons. The maximum absolute atomic E-state index is 15.5. The summed E-state index contributed by atoms with van der Waals surface area (Å²) >= 11 is 0. The number of aromatic amines is 2. The van der Waals surface area contributed by atoms with Crippen LogP contribution >= 0.6 is 0 Å². The number of hydrogen-bond donors (Lipinski definition) is 3. The number of halogens is 2. The van der Waals surface area contributed by atoms with E-state index in [1.807, 2.05) is 31.2 Å². The molecule has 0 fully saturated rings. The fourth-order valence-electron chi connectivity index (χ4n) is 6.28. The van der Waals surface area contributed by atoms with E-state index in [0.717, 1.165) is 16.8 Å². The highest BCUT2D eigenvalue weighted by Gasteiger charge is 2.32. The summed E-state index contributed by atoms with van der Waals surface area (Å²) in [5, 5.41) is 9.85. The lowest BCUT2D eigenvalue weighted by atomic mass is 9.75. The lowest BCUT2D eigenvalue weighted by Crippen LogP contribution is -2.24. The Morgan fingerprint density at radius 1 is 1.04 bits per heavy atom. The monoisotopic (exact) mass is 647 g/mol. The van der Waals surface area contributed by atoms with E-state index in [4.69, 9.17) is 4.74 Å². The van der Waals surface area contributed by atoms with E-state index in [0.29, 0.717) is 48.6 Å². The summed E-state index contributed by atoms with van der Waals surface area (Å²) < 4.78 is 63.1. The smallest absolute Gasteiger partial charge is 0.303 e. The van der Waals surface area contributed by atoms with E-state index >= 15 is 8.78 Å². The number of carboxylic acid groups (broad SMARTS) is 1. The average Bonchev–Trinajstić information content (AvgIpc) is 3.71. The lowest BCUT2D eigenvalue weighted by molar-refractivity contribution is -0.136. The van der Waals surface area contributed by atoms with Crippen LogP contribution in [-0.2, 0) is 32.9 Å². The maximum atomic E-state index is 15.5. The highest BCUT2D eigenvalue weighted by atomic mass is 32.2. The third kappa shape index (κ3) is 6.55. The average molecular weight is 648 g/mol. The molecule has 1 aliphatic heterocycles. The van der Waals surface area contributed by atoms with E-state index in [9.17, 15) is 18.3 Å². The van der Waals surface area contributed by atoms with E-state index in [1.54, 1.807) is 18.5 Å². The second kappa shape index (κ2) is 12.7. The Bertz CT molecular complexity index is 2020. The van der Waals surface area contributed by atoms with Crippen LogP contribution in [0, 0.1) is 11.6 Å². The van der Waals surface area contributed by atoms with E-state index < -0.39 is 32.9 Å². The van der Waals surface area contributed by atoms with Crippen LogP contribution in [0.1, 0.15) is 61.4 Å². The normalized spacial score (nSPS) is 18.7. The van der Waals surface area contributed by atoms with Crippen LogP contribution in [0.2, 0.25) is 0 Å². The van der Waals surface area contributed by atoms with Gasteiger partial charge in [-0.1, -0.05) is 37.1 Å². The molecule has 0 aliphatic carbocycles. The van der Waals surface area contributed by atoms with Crippen LogP contribution in [-0.4, -0.2) is 46.0 Å². The first-order valence-electron chi connectivity index (χ1n) is 15.4. The molecule has 2 aromatic heterocycles. The Morgan fingerprint density at radius 2 is 1.89 bits per heavy atom. The Kier molecular flexibility index (Phi) is 8.69. The number of rotatable bonds is 4. The summed E-state index contributed by atoms with van der Waals surface area (Å²) in [6, 6.07) is 14.9. The third-order valence-electron chi connectivity index (χ3n) is 8.94. The van der Waals surface area contributed by atoms with Crippen molar-refractivity contribution in [2.75, 3.05) is 11.5 Å². The number of imidazole rings is 1. The molecule has 3 heterocycles. The largest absolute Gasteiger partial charge is 0.481 e. The van der Waals surface area contributed by atoms with Gasteiger partial charge in [0.25, 0.3) is 0 Å². The molecular formula is C35H35F2N3O5S.